The predicted molar refractivity (Wildman–Crippen MR) is 79.1 cm³/mol. The molecule has 0 aliphatic carbocycles. The third-order valence-electron chi connectivity index (χ3n) is 2.41. The Bertz CT molecular complexity index is 552. The fourth-order valence-corrected chi connectivity index (χ4v) is 1.84. The molecule has 0 radical (unpaired) electrons. The van der Waals surface area contributed by atoms with Crippen molar-refractivity contribution in [3.8, 4) is 0 Å². The highest BCUT2D eigenvalue weighted by Gasteiger charge is 2.07. The van der Waals surface area contributed by atoms with Crippen LogP contribution in [0.5, 0.6) is 0 Å². The molecule has 2 aromatic carbocycles. The molecule has 2 aromatic rings. The summed E-state index contributed by atoms with van der Waals surface area (Å²) in [6.45, 7) is 0.268. The third-order valence-corrected chi connectivity index (χ3v) is 3.12. The van der Waals surface area contributed by atoms with Gasteiger partial charge in [0.05, 0.1) is 5.56 Å². The number of nitrogens with two attached hydrogens (primary N) is 1. The number of halogens is 1. The highest BCUT2D eigenvalue weighted by atomic mass is 127. The number of hydrogen-bond donors (Lipinski definition) is 1. The Morgan fingerprint density at radius 1 is 1.17 bits per heavy atom. The van der Waals surface area contributed by atoms with Crippen LogP contribution in [0.2, 0.25) is 0 Å². The molecule has 0 spiro atoms. The fourth-order valence-electron chi connectivity index (χ4n) is 1.48. The maximum absolute atomic E-state index is 11.8. The van der Waals surface area contributed by atoms with Crippen LogP contribution in [0.25, 0.3) is 0 Å². The fraction of sp³-hybridized carbons (Fsp3) is 0.0714. The van der Waals surface area contributed by atoms with E-state index >= 15 is 0 Å². The first-order chi connectivity index (χ1) is 8.65. The quantitative estimate of drug-likeness (QED) is 0.524. The van der Waals surface area contributed by atoms with Gasteiger partial charge in [0.25, 0.3) is 0 Å². The van der Waals surface area contributed by atoms with E-state index in [4.69, 9.17) is 10.5 Å². The number of ether oxygens (including phenoxy) is 1. The number of carbonyl (C=O) groups excluding carboxylic acids is 1. The van der Waals surface area contributed by atoms with Crippen molar-refractivity contribution in [3.05, 3.63) is 63.2 Å². The maximum atomic E-state index is 11.8. The molecule has 0 saturated carbocycles. The Kier molecular flexibility index (Phi) is 4.19. The molecule has 0 aromatic heterocycles. The summed E-state index contributed by atoms with van der Waals surface area (Å²) >= 11 is 2.23. The van der Waals surface area contributed by atoms with Gasteiger partial charge in [-0.25, -0.2) is 4.79 Å². The van der Waals surface area contributed by atoms with Gasteiger partial charge in [-0.1, -0.05) is 18.2 Å². The zero-order valence-electron chi connectivity index (χ0n) is 9.60. The molecule has 2 N–H and O–H groups in total. The largest absolute Gasteiger partial charge is 0.457 e. The third kappa shape index (κ3) is 3.46. The molecule has 2 rings (SSSR count). The predicted octanol–water partition coefficient (Wildman–Crippen LogP) is 3.23. The van der Waals surface area contributed by atoms with Crippen LogP contribution < -0.4 is 5.73 Å². The Hall–Kier alpha value is -1.56. The van der Waals surface area contributed by atoms with Gasteiger partial charge >= 0.3 is 5.97 Å². The van der Waals surface area contributed by atoms with Crippen LogP contribution in [0, 0.1) is 3.57 Å². The monoisotopic (exact) mass is 353 g/mol. The second-order valence-corrected chi connectivity index (χ2v) is 5.07. The van der Waals surface area contributed by atoms with Gasteiger partial charge in [-0.05, 0) is 58.5 Å². The number of carbonyl (C=O) groups is 1. The Morgan fingerprint density at radius 2 is 1.89 bits per heavy atom. The van der Waals surface area contributed by atoms with E-state index in [1.165, 1.54) is 0 Å². The van der Waals surface area contributed by atoms with Gasteiger partial charge in [0.2, 0.25) is 0 Å². The molecule has 4 heteroatoms. The number of esters is 1. The first kappa shape index (κ1) is 12.9. The molecule has 0 fully saturated rings. The van der Waals surface area contributed by atoms with E-state index in [-0.39, 0.29) is 12.6 Å². The number of anilines is 1. The minimum atomic E-state index is -0.360. The average molecular weight is 353 g/mol. The number of nitrogen functional groups attached to an aromatic ring is 1. The smallest absolute Gasteiger partial charge is 0.338 e. The highest BCUT2D eigenvalue weighted by Crippen LogP contribution is 2.11. The molecule has 0 saturated heterocycles. The van der Waals surface area contributed by atoms with Crippen molar-refractivity contribution in [2.45, 2.75) is 6.61 Å². The van der Waals surface area contributed by atoms with E-state index in [1.807, 2.05) is 24.3 Å². The topological polar surface area (TPSA) is 52.3 Å². The number of hydrogen-bond acceptors (Lipinski definition) is 3. The second kappa shape index (κ2) is 5.86. The summed E-state index contributed by atoms with van der Waals surface area (Å²) in [5.74, 6) is -0.360. The SMILES string of the molecule is Nc1cccc(C(=O)OCc2ccc(I)cc2)c1. The first-order valence-corrected chi connectivity index (χ1v) is 6.50. The normalized spacial score (nSPS) is 10.1. The number of benzene rings is 2. The van der Waals surface area contributed by atoms with Crippen LogP contribution in [0.3, 0.4) is 0 Å². The Labute approximate surface area is 119 Å². The van der Waals surface area contributed by atoms with Crippen molar-refractivity contribution in [1.82, 2.24) is 0 Å². The summed E-state index contributed by atoms with van der Waals surface area (Å²) in [6.07, 6.45) is 0. The number of rotatable bonds is 3. The molecule has 0 aliphatic heterocycles. The van der Waals surface area contributed by atoms with E-state index in [9.17, 15) is 4.79 Å². The molecule has 0 atom stereocenters. The van der Waals surface area contributed by atoms with Crippen molar-refractivity contribution in [3.63, 3.8) is 0 Å². The lowest BCUT2D eigenvalue weighted by atomic mass is 10.2. The molecular weight excluding hydrogens is 341 g/mol. The molecule has 0 amide bonds. The minimum Gasteiger partial charge on any atom is -0.457 e. The lowest BCUT2D eigenvalue weighted by molar-refractivity contribution is 0.0473. The zero-order chi connectivity index (χ0) is 13.0. The molecular formula is C14H12INO2. The molecule has 0 heterocycles. The van der Waals surface area contributed by atoms with E-state index in [0.29, 0.717) is 11.3 Å². The van der Waals surface area contributed by atoms with Gasteiger partial charge in [-0.3, -0.25) is 0 Å². The van der Waals surface area contributed by atoms with E-state index < -0.39 is 0 Å². The lowest BCUT2D eigenvalue weighted by Gasteiger charge is -2.05. The minimum absolute atomic E-state index is 0.268. The van der Waals surface area contributed by atoms with Gasteiger partial charge in [0, 0.05) is 9.26 Å². The first-order valence-electron chi connectivity index (χ1n) is 5.42. The van der Waals surface area contributed by atoms with Crippen LogP contribution in [0.4, 0.5) is 5.69 Å². The molecule has 0 unspecified atom stereocenters. The zero-order valence-corrected chi connectivity index (χ0v) is 11.8. The van der Waals surface area contributed by atoms with Crippen molar-refractivity contribution in [1.29, 1.82) is 0 Å². The van der Waals surface area contributed by atoms with Crippen molar-refractivity contribution < 1.29 is 9.53 Å². The van der Waals surface area contributed by atoms with Gasteiger partial charge in [-0.15, -0.1) is 0 Å². The van der Waals surface area contributed by atoms with E-state index in [0.717, 1.165) is 9.13 Å². The molecule has 92 valence electrons. The molecule has 0 bridgehead atoms. The molecule has 0 aliphatic rings. The lowest BCUT2D eigenvalue weighted by Crippen LogP contribution is -2.05. The highest BCUT2D eigenvalue weighted by molar-refractivity contribution is 14.1. The van der Waals surface area contributed by atoms with Crippen LogP contribution in [-0.4, -0.2) is 5.97 Å². The average Bonchev–Trinajstić information content (AvgIpc) is 2.38. The van der Waals surface area contributed by atoms with Crippen LogP contribution in [0.15, 0.2) is 48.5 Å². The van der Waals surface area contributed by atoms with Crippen molar-refractivity contribution in [2.24, 2.45) is 0 Å². The van der Waals surface area contributed by atoms with Gasteiger partial charge in [-0.2, -0.15) is 0 Å². The Morgan fingerprint density at radius 3 is 2.56 bits per heavy atom. The summed E-state index contributed by atoms with van der Waals surface area (Å²) in [5.41, 5.74) is 7.60. The summed E-state index contributed by atoms with van der Waals surface area (Å²) in [6, 6.07) is 14.6. The van der Waals surface area contributed by atoms with Crippen molar-refractivity contribution in [2.75, 3.05) is 5.73 Å². The van der Waals surface area contributed by atoms with Gasteiger partial charge in [0.15, 0.2) is 0 Å². The maximum Gasteiger partial charge on any atom is 0.338 e. The second-order valence-electron chi connectivity index (χ2n) is 3.83. The van der Waals surface area contributed by atoms with Crippen LogP contribution in [-0.2, 0) is 11.3 Å². The van der Waals surface area contributed by atoms with E-state index in [1.54, 1.807) is 24.3 Å². The van der Waals surface area contributed by atoms with E-state index in [2.05, 4.69) is 22.6 Å². The van der Waals surface area contributed by atoms with Gasteiger partial charge in [0.1, 0.15) is 6.61 Å². The summed E-state index contributed by atoms with van der Waals surface area (Å²) in [7, 11) is 0. The van der Waals surface area contributed by atoms with Crippen LogP contribution >= 0.6 is 22.6 Å². The summed E-state index contributed by atoms with van der Waals surface area (Å²) in [5, 5.41) is 0. The molecule has 18 heavy (non-hydrogen) atoms. The molecule has 3 nitrogen and oxygen atoms in total. The van der Waals surface area contributed by atoms with Crippen LogP contribution in [0.1, 0.15) is 15.9 Å². The Balaban J connectivity index is 1.98. The van der Waals surface area contributed by atoms with Gasteiger partial charge < -0.3 is 10.5 Å². The standard InChI is InChI=1S/C14H12INO2/c15-12-6-4-10(5-7-12)9-18-14(17)11-2-1-3-13(16)8-11/h1-8H,9,16H2. The van der Waals surface area contributed by atoms with Crippen molar-refractivity contribution >= 4 is 34.2 Å². The summed E-state index contributed by atoms with van der Waals surface area (Å²) < 4.78 is 6.36. The summed E-state index contributed by atoms with van der Waals surface area (Å²) in [4.78, 5) is 11.8.